The molecular weight excluding hydrogens is 262 g/mol. The van der Waals surface area contributed by atoms with Crippen molar-refractivity contribution in [2.45, 2.75) is 25.3 Å². The van der Waals surface area contributed by atoms with Crippen LogP contribution in [0.25, 0.3) is 0 Å². The summed E-state index contributed by atoms with van der Waals surface area (Å²) < 4.78 is 5.84. The number of nitrogens with two attached hydrogens (primary N) is 1. The quantitative estimate of drug-likeness (QED) is 0.823. The number of hydrogen-bond donors (Lipinski definition) is 1. The summed E-state index contributed by atoms with van der Waals surface area (Å²) in [6.45, 7) is 7.36. The number of piperazine rings is 1. The molecule has 0 atom stereocenters. The highest BCUT2D eigenvalue weighted by molar-refractivity contribution is 5.27. The maximum Gasteiger partial charge on any atom is 0.119 e. The van der Waals surface area contributed by atoms with Gasteiger partial charge in [-0.3, -0.25) is 9.80 Å². The van der Waals surface area contributed by atoms with Crippen molar-refractivity contribution >= 4 is 0 Å². The van der Waals surface area contributed by atoms with Gasteiger partial charge in [-0.05, 0) is 43.5 Å². The average Bonchev–Trinajstić information content (AvgIpc) is 3.35. The van der Waals surface area contributed by atoms with Crippen molar-refractivity contribution < 1.29 is 4.74 Å². The SMILES string of the molecule is NCCc1ccc(OCCN2CCN(C3CC3)CC2)cc1. The third-order valence-electron chi connectivity index (χ3n) is 4.50. The molecule has 0 amide bonds. The van der Waals surface area contributed by atoms with Crippen molar-refractivity contribution in [2.24, 2.45) is 5.73 Å². The van der Waals surface area contributed by atoms with E-state index in [0.29, 0.717) is 6.54 Å². The van der Waals surface area contributed by atoms with Gasteiger partial charge in [-0.2, -0.15) is 0 Å². The van der Waals surface area contributed by atoms with E-state index in [0.717, 1.165) is 31.4 Å². The van der Waals surface area contributed by atoms with Gasteiger partial charge in [-0.25, -0.2) is 0 Å². The van der Waals surface area contributed by atoms with Crippen molar-refractivity contribution in [1.29, 1.82) is 0 Å². The molecule has 0 bridgehead atoms. The molecule has 1 aromatic carbocycles. The van der Waals surface area contributed by atoms with E-state index in [1.807, 2.05) is 0 Å². The molecule has 1 aromatic rings. The number of benzene rings is 1. The number of rotatable bonds is 7. The van der Waals surface area contributed by atoms with E-state index in [1.54, 1.807) is 0 Å². The van der Waals surface area contributed by atoms with Crippen molar-refractivity contribution in [3.63, 3.8) is 0 Å². The van der Waals surface area contributed by atoms with Gasteiger partial charge in [0.05, 0.1) is 0 Å². The van der Waals surface area contributed by atoms with Crippen molar-refractivity contribution in [3.05, 3.63) is 29.8 Å². The molecule has 0 aromatic heterocycles. The summed E-state index contributed by atoms with van der Waals surface area (Å²) in [6.07, 6.45) is 3.78. The fourth-order valence-electron chi connectivity index (χ4n) is 3.00. The Morgan fingerprint density at radius 1 is 1.05 bits per heavy atom. The maximum atomic E-state index is 5.84. The molecule has 4 heteroatoms. The van der Waals surface area contributed by atoms with Crippen LogP contribution in [-0.2, 0) is 6.42 Å². The van der Waals surface area contributed by atoms with Crippen LogP contribution in [0.2, 0.25) is 0 Å². The van der Waals surface area contributed by atoms with Crippen LogP contribution in [0, 0.1) is 0 Å². The minimum absolute atomic E-state index is 0.701. The van der Waals surface area contributed by atoms with Crippen LogP contribution in [-0.4, -0.2) is 61.7 Å². The number of nitrogens with zero attached hydrogens (tertiary/aromatic N) is 2. The Morgan fingerprint density at radius 2 is 1.76 bits per heavy atom. The van der Waals surface area contributed by atoms with E-state index in [9.17, 15) is 0 Å². The standard InChI is InChI=1S/C17H27N3O/c18-8-7-15-1-5-17(6-2-15)21-14-13-19-9-11-20(12-10-19)16-3-4-16/h1-2,5-6,16H,3-4,7-14,18H2. The fourth-order valence-corrected chi connectivity index (χ4v) is 3.00. The summed E-state index contributed by atoms with van der Waals surface area (Å²) in [4.78, 5) is 5.16. The zero-order chi connectivity index (χ0) is 14.5. The third-order valence-corrected chi connectivity index (χ3v) is 4.50. The fraction of sp³-hybridized carbons (Fsp3) is 0.647. The zero-order valence-corrected chi connectivity index (χ0v) is 12.8. The molecule has 1 heterocycles. The van der Waals surface area contributed by atoms with E-state index >= 15 is 0 Å². The molecule has 0 radical (unpaired) electrons. The topological polar surface area (TPSA) is 41.7 Å². The van der Waals surface area contributed by atoms with Gasteiger partial charge in [0.1, 0.15) is 12.4 Å². The molecule has 1 aliphatic carbocycles. The first-order valence-electron chi connectivity index (χ1n) is 8.23. The second kappa shape index (κ2) is 7.25. The molecule has 0 spiro atoms. The molecule has 3 rings (SSSR count). The van der Waals surface area contributed by atoms with Gasteiger partial charge in [0.25, 0.3) is 0 Å². The van der Waals surface area contributed by atoms with Crippen LogP contribution < -0.4 is 10.5 Å². The van der Waals surface area contributed by atoms with Crippen molar-refractivity contribution in [2.75, 3.05) is 45.9 Å². The van der Waals surface area contributed by atoms with E-state index in [1.165, 1.54) is 44.6 Å². The van der Waals surface area contributed by atoms with Gasteiger partial charge in [0.15, 0.2) is 0 Å². The van der Waals surface area contributed by atoms with E-state index in [4.69, 9.17) is 10.5 Å². The molecular formula is C17H27N3O. The van der Waals surface area contributed by atoms with Gasteiger partial charge >= 0.3 is 0 Å². The summed E-state index contributed by atoms with van der Waals surface area (Å²) in [5, 5.41) is 0. The highest BCUT2D eigenvalue weighted by Crippen LogP contribution is 2.27. The minimum atomic E-state index is 0.701. The van der Waals surface area contributed by atoms with Crippen LogP contribution in [0.3, 0.4) is 0 Å². The van der Waals surface area contributed by atoms with E-state index in [-0.39, 0.29) is 0 Å². The van der Waals surface area contributed by atoms with Crippen LogP contribution in [0.15, 0.2) is 24.3 Å². The molecule has 21 heavy (non-hydrogen) atoms. The predicted molar refractivity (Wildman–Crippen MR) is 85.7 cm³/mol. The summed E-state index contributed by atoms with van der Waals surface area (Å²) in [7, 11) is 0. The lowest BCUT2D eigenvalue weighted by Gasteiger charge is -2.34. The second-order valence-electron chi connectivity index (χ2n) is 6.14. The minimum Gasteiger partial charge on any atom is -0.492 e. The summed E-state index contributed by atoms with van der Waals surface area (Å²) in [5.74, 6) is 0.965. The molecule has 1 saturated carbocycles. The largest absolute Gasteiger partial charge is 0.492 e. The van der Waals surface area contributed by atoms with Gasteiger partial charge in [-0.15, -0.1) is 0 Å². The molecule has 2 fully saturated rings. The Hall–Kier alpha value is -1.10. The molecule has 2 aliphatic rings. The second-order valence-corrected chi connectivity index (χ2v) is 6.14. The van der Waals surface area contributed by atoms with Gasteiger partial charge in [0.2, 0.25) is 0 Å². The first kappa shape index (κ1) is 14.8. The van der Waals surface area contributed by atoms with E-state index < -0.39 is 0 Å². The molecule has 0 unspecified atom stereocenters. The third kappa shape index (κ3) is 4.43. The first-order chi connectivity index (χ1) is 10.3. The summed E-state index contributed by atoms with van der Waals surface area (Å²) >= 11 is 0. The van der Waals surface area contributed by atoms with Gasteiger partial charge < -0.3 is 10.5 Å². The first-order valence-corrected chi connectivity index (χ1v) is 8.23. The van der Waals surface area contributed by atoms with Crippen LogP contribution in [0.4, 0.5) is 0 Å². The van der Waals surface area contributed by atoms with Crippen molar-refractivity contribution in [3.8, 4) is 5.75 Å². The smallest absolute Gasteiger partial charge is 0.119 e. The average molecular weight is 289 g/mol. The highest BCUT2D eigenvalue weighted by Gasteiger charge is 2.30. The predicted octanol–water partition coefficient (Wildman–Crippen LogP) is 1.35. The highest BCUT2D eigenvalue weighted by atomic mass is 16.5. The zero-order valence-electron chi connectivity index (χ0n) is 12.8. The maximum absolute atomic E-state index is 5.84. The van der Waals surface area contributed by atoms with Crippen LogP contribution in [0.5, 0.6) is 5.75 Å². The van der Waals surface area contributed by atoms with Crippen molar-refractivity contribution in [1.82, 2.24) is 9.80 Å². The Balaban J connectivity index is 1.34. The molecule has 116 valence electrons. The molecule has 4 nitrogen and oxygen atoms in total. The number of ether oxygens (including phenoxy) is 1. The Labute approximate surface area is 127 Å². The summed E-state index contributed by atoms with van der Waals surface area (Å²) in [6, 6.07) is 9.23. The molecule has 1 saturated heterocycles. The Kier molecular flexibility index (Phi) is 5.12. The normalized spacial score (nSPS) is 20.6. The van der Waals surface area contributed by atoms with Gasteiger partial charge in [-0.1, -0.05) is 12.1 Å². The Morgan fingerprint density at radius 3 is 2.38 bits per heavy atom. The monoisotopic (exact) mass is 289 g/mol. The van der Waals surface area contributed by atoms with E-state index in [2.05, 4.69) is 34.1 Å². The number of hydrogen-bond acceptors (Lipinski definition) is 4. The van der Waals surface area contributed by atoms with Gasteiger partial charge in [0, 0.05) is 38.8 Å². The lowest BCUT2D eigenvalue weighted by atomic mass is 10.1. The van der Waals surface area contributed by atoms with Crippen LogP contribution in [0.1, 0.15) is 18.4 Å². The lowest BCUT2D eigenvalue weighted by Crippen LogP contribution is -2.48. The lowest BCUT2D eigenvalue weighted by molar-refractivity contribution is 0.112. The Bertz CT molecular complexity index is 422. The van der Waals surface area contributed by atoms with Crippen LogP contribution >= 0.6 is 0 Å². The summed E-state index contributed by atoms with van der Waals surface area (Å²) in [5.41, 5.74) is 6.83. The molecule has 2 N–H and O–H groups in total. The molecule has 1 aliphatic heterocycles.